The molecule has 2 unspecified atom stereocenters. The normalized spacial score (nSPS) is 32.9. The number of hydrogen-bond donors (Lipinski definition) is 1. The summed E-state index contributed by atoms with van der Waals surface area (Å²) >= 11 is 0. The molecule has 1 heterocycles. The molecule has 1 saturated heterocycles. The predicted molar refractivity (Wildman–Crippen MR) is 64.5 cm³/mol. The maximum atomic E-state index is 9.21. The minimum Gasteiger partial charge on any atom is -0.251 e. The summed E-state index contributed by atoms with van der Waals surface area (Å²) in [6.45, 7) is 2.32. The van der Waals surface area contributed by atoms with Gasteiger partial charge in [-0.15, -0.1) is 0 Å². The predicted octanol–water partition coefficient (Wildman–Crippen LogP) is 2.45. The standard InChI is InChI=1S/C13H23N3/c14-11-12-7-3-1-4-8-13(12)15-16-9-5-2-6-10-16/h12-13,15H,1-10H2. The van der Waals surface area contributed by atoms with Crippen LogP contribution < -0.4 is 5.43 Å². The molecule has 2 aliphatic rings. The van der Waals surface area contributed by atoms with Gasteiger partial charge in [0.15, 0.2) is 0 Å². The van der Waals surface area contributed by atoms with Crippen LogP contribution in [0.3, 0.4) is 0 Å². The molecule has 90 valence electrons. The average Bonchev–Trinajstić information content (AvgIpc) is 2.55. The molecule has 2 atom stereocenters. The van der Waals surface area contributed by atoms with Crippen LogP contribution in [0.2, 0.25) is 0 Å². The van der Waals surface area contributed by atoms with Gasteiger partial charge >= 0.3 is 0 Å². The van der Waals surface area contributed by atoms with Gasteiger partial charge < -0.3 is 0 Å². The van der Waals surface area contributed by atoms with Crippen LogP contribution >= 0.6 is 0 Å². The second kappa shape index (κ2) is 6.22. The van der Waals surface area contributed by atoms with E-state index in [0.717, 1.165) is 19.5 Å². The number of nitrogens with one attached hydrogen (secondary N) is 1. The molecule has 1 saturated carbocycles. The van der Waals surface area contributed by atoms with Gasteiger partial charge in [0.1, 0.15) is 0 Å². The molecule has 2 fully saturated rings. The van der Waals surface area contributed by atoms with E-state index in [1.54, 1.807) is 0 Å². The molecule has 0 bridgehead atoms. The van der Waals surface area contributed by atoms with Crippen molar-refractivity contribution in [2.24, 2.45) is 5.92 Å². The van der Waals surface area contributed by atoms with Gasteiger partial charge in [-0.25, -0.2) is 5.01 Å². The van der Waals surface area contributed by atoms with E-state index >= 15 is 0 Å². The van der Waals surface area contributed by atoms with Crippen LogP contribution in [0.4, 0.5) is 0 Å². The monoisotopic (exact) mass is 221 g/mol. The molecule has 1 N–H and O–H groups in total. The highest BCUT2D eigenvalue weighted by molar-refractivity contribution is 4.93. The van der Waals surface area contributed by atoms with Crippen molar-refractivity contribution >= 4 is 0 Å². The Morgan fingerprint density at radius 2 is 1.62 bits per heavy atom. The summed E-state index contributed by atoms with van der Waals surface area (Å²) < 4.78 is 0. The van der Waals surface area contributed by atoms with E-state index in [1.807, 2.05) is 0 Å². The summed E-state index contributed by atoms with van der Waals surface area (Å²) in [6, 6.07) is 2.90. The fourth-order valence-electron chi connectivity index (χ4n) is 2.87. The molecule has 3 nitrogen and oxygen atoms in total. The summed E-state index contributed by atoms with van der Waals surface area (Å²) in [5.74, 6) is 0.226. The molecule has 1 aliphatic carbocycles. The third kappa shape index (κ3) is 3.20. The Morgan fingerprint density at radius 3 is 2.38 bits per heavy atom. The van der Waals surface area contributed by atoms with Crippen LogP contribution in [0.5, 0.6) is 0 Å². The van der Waals surface area contributed by atoms with E-state index in [2.05, 4.69) is 16.5 Å². The second-order valence-corrected chi connectivity index (χ2v) is 5.16. The lowest BCUT2D eigenvalue weighted by atomic mass is 9.97. The summed E-state index contributed by atoms with van der Waals surface area (Å²) in [6.07, 6.45) is 10.0. The minimum absolute atomic E-state index is 0.226. The molecule has 3 heteroatoms. The van der Waals surface area contributed by atoms with E-state index in [0.29, 0.717) is 6.04 Å². The fraction of sp³-hybridized carbons (Fsp3) is 0.923. The Labute approximate surface area is 98.8 Å². The van der Waals surface area contributed by atoms with Gasteiger partial charge in [0.25, 0.3) is 0 Å². The number of nitriles is 1. The largest absolute Gasteiger partial charge is 0.251 e. The van der Waals surface area contributed by atoms with E-state index in [-0.39, 0.29) is 5.92 Å². The van der Waals surface area contributed by atoms with Gasteiger partial charge in [-0.1, -0.05) is 25.7 Å². The molecule has 0 amide bonds. The van der Waals surface area contributed by atoms with E-state index in [1.165, 1.54) is 44.9 Å². The van der Waals surface area contributed by atoms with Crippen LogP contribution in [-0.4, -0.2) is 24.1 Å². The van der Waals surface area contributed by atoms with Crippen molar-refractivity contribution in [2.45, 2.75) is 57.4 Å². The number of rotatable bonds is 2. The van der Waals surface area contributed by atoms with E-state index in [9.17, 15) is 5.26 Å². The minimum atomic E-state index is 0.226. The zero-order chi connectivity index (χ0) is 11.2. The van der Waals surface area contributed by atoms with Gasteiger partial charge in [0.2, 0.25) is 0 Å². The molecule has 0 aromatic carbocycles. The second-order valence-electron chi connectivity index (χ2n) is 5.16. The molecule has 0 spiro atoms. The third-order valence-electron chi connectivity index (χ3n) is 3.89. The zero-order valence-corrected chi connectivity index (χ0v) is 10.1. The average molecular weight is 221 g/mol. The third-order valence-corrected chi connectivity index (χ3v) is 3.89. The highest BCUT2D eigenvalue weighted by Gasteiger charge is 2.25. The fourth-order valence-corrected chi connectivity index (χ4v) is 2.87. The Kier molecular flexibility index (Phi) is 4.62. The molecule has 16 heavy (non-hydrogen) atoms. The number of nitrogens with zero attached hydrogens (tertiary/aromatic N) is 2. The molecular weight excluding hydrogens is 198 g/mol. The summed E-state index contributed by atoms with van der Waals surface area (Å²) in [4.78, 5) is 0. The van der Waals surface area contributed by atoms with Crippen molar-refractivity contribution in [3.8, 4) is 6.07 Å². The molecule has 0 aromatic heterocycles. The lowest BCUT2D eigenvalue weighted by molar-refractivity contribution is 0.113. The van der Waals surface area contributed by atoms with Crippen LogP contribution in [0.1, 0.15) is 51.4 Å². The maximum absolute atomic E-state index is 9.21. The number of piperidine rings is 1. The van der Waals surface area contributed by atoms with Crippen molar-refractivity contribution in [3.63, 3.8) is 0 Å². The Balaban J connectivity index is 1.87. The van der Waals surface area contributed by atoms with Crippen LogP contribution in [-0.2, 0) is 0 Å². The summed E-state index contributed by atoms with van der Waals surface area (Å²) in [5.41, 5.74) is 3.61. The lowest BCUT2D eigenvalue weighted by Crippen LogP contribution is -2.49. The lowest BCUT2D eigenvalue weighted by Gasteiger charge is -2.32. The quantitative estimate of drug-likeness (QED) is 0.728. The first-order valence-electron chi connectivity index (χ1n) is 6.81. The molecule has 0 radical (unpaired) electrons. The van der Waals surface area contributed by atoms with Gasteiger partial charge in [-0.3, -0.25) is 5.43 Å². The molecular formula is C13H23N3. The Bertz CT molecular complexity index is 240. The van der Waals surface area contributed by atoms with Crippen LogP contribution in [0, 0.1) is 17.2 Å². The molecule has 0 aromatic rings. The van der Waals surface area contributed by atoms with Crippen molar-refractivity contribution in [1.29, 1.82) is 5.26 Å². The first kappa shape index (κ1) is 11.9. The Hall–Kier alpha value is -0.590. The first-order valence-corrected chi connectivity index (χ1v) is 6.81. The van der Waals surface area contributed by atoms with Gasteiger partial charge in [-0.2, -0.15) is 5.26 Å². The summed E-state index contributed by atoms with van der Waals surface area (Å²) in [7, 11) is 0. The van der Waals surface area contributed by atoms with Crippen LogP contribution in [0.15, 0.2) is 0 Å². The maximum Gasteiger partial charge on any atom is 0.0672 e. The van der Waals surface area contributed by atoms with Gasteiger partial charge in [-0.05, 0) is 25.7 Å². The number of hydrazine groups is 1. The molecule has 1 aliphatic heterocycles. The zero-order valence-electron chi connectivity index (χ0n) is 10.1. The highest BCUT2D eigenvalue weighted by atomic mass is 15.5. The van der Waals surface area contributed by atoms with Crippen molar-refractivity contribution < 1.29 is 0 Å². The van der Waals surface area contributed by atoms with Gasteiger partial charge in [0.05, 0.1) is 12.0 Å². The Morgan fingerprint density at radius 1 is 0.938 bits per heavy atom. The van der Waals surface area contributed by atoms with Crippen molar-refractivity contribution in [3.05, 3.63) is 0 Å². The van der Waals surface area contributed by atoms with Gasteiger partial charge in [0, 0.05) is 19.1 Å². The summed E-state index contributed by atoms with van der Waals surface area (Å²) in [5, 5.41) is 11.6. The highest BCUT2D eigenvalue weighted by Crippen LogP contribution is 2.23. The van der Waals surface area contributed by atoms with E-state index < -0.39 is 0 Å². The SMILES string of the molecule is N#CC1CCCCCC1NN1CCCCC1. The van der Waals surface area contributed by atoms with Crippen molar-refractivity contribution in [1.82, 2.24) is 10.4 Å². The smallest absolute Gasteiger partial charge is 0.0672 e. The topological polar surface area (TPSA) is 39.1 Å². The van der Waals surface area contributed by atoms with E-state index in [4.69, 9.17) is 0 Å². The van der Waals surface area contributed by atoms with Crippen molar-refractivity contribution in [2.75, 3.05) is 13.1 Å². The van der Waals surface area contributed by atoms with Crippen LogP contribution in [0.25, 0.3) is 0 Å². The first-order chi connectivity index (χ1) is 7.90. The molecule has 2 rings (SSSR count). The number of hydrogen-bond acceptors (Lipinski definition) is 3.